The molecule has 0 aliphatic heterocycles. The molecule has 0 spiro atoms. The van der Waals surface area contributed by atoms with Gasteiger partial charge < -0.3 is 5.32 Å². The first-order valence-corrected chi connectivity index (χ1v) is 6.77. The molecule has 1 aliphatic rings. The Kier molecular flexibility index (Phi) is 2.45. The minimum Gasteiger partial charge on any atom is -0.369 e. The van der Waals surface area contributed by atoms with Crippen molar-refractivity contribution < 1.29 is 0 Å². The Morgan fingerprint density at radius 2 is 2.20 bits per heavy atom. The molecule has 0 radical (unpaired) electrons. The van der Waals surface area contributed by atoms with Gasteiger partial charge >= 0.3 is 0 Å². The zero-order valence-corrected chi connectivity index (χ0v) is 11.2. The van der Waals surface area contributed by atoms with Gasteiger partial charge in [0.1, 0.15) is 12.1 Å². The van der Waals surface area contributed by atoms with E-state index in [2.05, 4.69) is 44.6 Å². The molecule has 0 fully saturated rings. The van der Waals surface area contributed by atoms with E-state index < -0.39 is 0 Å². The van der Waals surface area contributed by atoms with Gasteiger partial charge in [-0.2, -0.15) is 5.10 Å². The van der Waals surface area contributed by atoms with Crippen molar-refractivity contribution in [1.29, 1.82) is 0 Å². The van der Waals surface area contributed by atoms with Crippen LogP contribution < -0.4 is 5.32 Å². The van der Waals surface area contributed by atoms with E-state index in [0.29, 0.717) is 5.92 Å². The summed E-state index contributed by atoms with van der Waals surface area (Å²) in [5, 5.41) is 8.71. The molecule has 0 amide bonds. The van der Waals surface area contributed by atoms with E-state index in [9.17, 15) is 0 Å². The van der Waals surface area contributed by atoms with Gasteiger partial charge in [0.25, 0.3) is 0 Å². The van der Waals surface area contributed by atoms with Gasteiger partial charge in [-0.15, -0.1) is 0 Å². The molecule has 1 aromatic carbocycles. The zero-order chi connectivity index (χ0) is 13.5. The van der Waals surface area contributed by atoms with Gasteiger partial charge in [-0.05, 0) is 17.5 Å². The van der Waals surface area contributed by atoms with E-state index in [-0.39, 0.29) is 0 Å². The molecule has 5 nitrogen and oxygen atoms in total. The van der Waals surface area contributed by atoms with E-state index >= 15 is 0 Å². The van der Waals surface area contributed by atoms with Crippen molar-refractivity contribution in [2.75, 3.05) is 11.9 Å². The van der Waals surface area contributed by atoms with Crippen LogP contribution in [0, 0.1) is 0 Å². The van der Waals surface area contributed by atoms with Crippen molar-refractivity contribution in [1.82, 2.24) is 19.7 Å². The first-order chi connectivity index (χ1) is 9.81. The summed E-state index contributed by atoms with van der Waals surface area (Å²) in [4.78, 5) is 8.51. The van der Waals surface area contributed by atoms with E-state index in [4.69, 9.17) is 0 Å². The minimum atomic E-state index is 0.577. The number of nitrogens with one attached hydrogen (secondary N) is 1. The fourth-order valence-corrected chi connectivity index (χ4v) is 2.86. The number of aromatic nitrogens is 4. The molecule has 3 aromatic rings. The molecular formula is C15H15N5. The van der Waals surface area contributed by atoms with E-state index in [1.54, 1.807) is 11.0 Å². The quantitative estimate of drug-likeness (QED) is 0.788. The summed E-state index contributed by atoms with van der Waals surface area (Å²) < 4.78 is 1.77. The second-order valence-corrected chi connectivity index (χ2v) is 5.24. The van der Waals surface area contributed by atoms with Crippen molar-refractivity contribution in [3.63, 3.8) is 0 Å². The normalized spacial score (nSPS) is 16.8. The monoisotopic (exact) mass is 265 g/mol. The molecule has 0 saturated carbocycles. The first-order valence-electron chi connectivity index (χ1n) is 6.77. The van der Waals surface area contributed by atoms with Crippen LogP contribution in [0.4, 0.5) is 5.82 Å². The second kappa shape index (κ2) is 4.30. The predicted octanol–water partition coefficient (Wildman–Crippen LogP) is 2.12. The smallest absolute Gasteiger partial charge is 0.186 e. The van der Waals surface area contributed by atoms with Gasteiger partial charge in [-0.1, -0.05) is 24.3 Å². The number of anilines is 1. The second-order valence-electron chi connectivity index (χ2n) is 5.24. The molecule has 0 saturated heterocycles. The van der Waals surface area contributed by atoms with Crippen LogP contribution in [-0.2, 0) is 13.5 Å². The third-order valence-corrected chi connectivity index (χ3v) is 3.91. The molecule has 0 unspecified atom stereocenters. The Balaban J connectivity index is 1.55. The minimum absolute atomic E-state index is 0.577. The molecule has 2 heterocycles. The van der Waals surface area contributed by atoms with Gasteiger partial charge in [0, 0.05) is 25.7 Å². The lowest BCUT2D eigenvalue weighted by Crippen LogP contribution is -2.24. The highest BCUT2D eigenvalue weighted by atomic mass is 15.3. The van der Waals surface area contributed by atoms with Crippen LogP contribution in [0.15, 0.2) is 36.8 Å². The predicted molar refractivity (Wildman–Crippen MR) is 77.7 cm³/mol. The highest BCUT2D eigenvalue weighted by molar-refractivity contribution is 5.85. The van der Waals surface area contributed by atoms with Crippen LogP contribution >= 0.6 is 0 Å². The van der Waals surface area contributed by atoms with Crippen molar-refractivity contribution in [3.8, 4) is 0 Å². The maximum atomic E-state index is 4.33. The van der Waals surface area contributed by atoms with Crippen LogP contribution in [0.5, 0.6) is 0 Å². The lowest BCUT2D eigenvalue weighted by molar-refractivity contribution is 0.635. The topological polar surface area (TPSA) is 55.6 Å². The van der Waals surface area contributed by atoms with E-state index in [1.165, 1.54) is 11.1 Å². The lowest BCUT2D eigenvalue weighted by Gasteiger charge is -2.30. The van der Waals surface area contributed by atoms with Crippen LogP contribution in [0.2, 0.25) is 0 Å². The first kappa shape index (κ1) is 11.4. The van der Waals surface area contributed by atoms with Crippen molar-refractivity contribution in [2.24, 2.45) is 7.05 Å². The molecule has 1 N–H and O–H groups in total. The fourth-order valence-electron chi connectivity index (χ4n) is 2.86. The van der Waals surface area contributed by atoms with Crippen molar-refractivity contribution >= 4 is 16.9 Å². The zero-order valence-electron chi connectivity index (χ0n) is 11.2. The molecule has 2 aromatic heterocycles. The van der Waals surface area contributed by atoms with Crippen LogP contribution in [0.25, 0.3) is 11.0 Å². The van der Waals surface area contributed by atoms with Crippen LogP contribution in [0.3, 0.4) is 0 Å². The van der Waals surface area contributed by atoms with Gasteiger partial charge in [-0.25, -0.2) is 9.97 Å². The summed E-state index contributed by atoms with van der Waals surface area (Å²) in [7, 11) is 1.90. The molecule has 100 valence electrons. The van der Waals surface area contributed by atoms with E-state index in [1.807, 2.05) is 13.2 Å². The Bertz CT molecular complexity index is 777. The molecule has 1 aliphatic carbocycles. The maximum absolute atomic E-state index is 4.33. The molecule has 0 bridgehead atoms. The number of aryl methyl sites for hydroxylation is 1. The number of benzene rings is 1. The highest BCUT2D eigenvalue weighted by Gasteiger charge is 2.25. The number of rotatable bonds is 3. The number of hydrogen-bond acceptors (Lipinski definition) is 4. The average Bonchev–Trinajstić information content (AvgIpc) is 2.81. The average molecular weight is 265 g/mol. The van der Waals surface area contributed by atoms with Gasteiger partial charge in [0.2, 0.25) is 0 Å². The molecule has 1 atom stereocenters. The number of hydrogen-bond donors (Lipinski definition) is 1. The molecule has 4 rings (SSSR count). The summed E-state index contributed by atoms with van der Waals surface area (Å²) in [6, 6.07) is 8.63. The molecular weight excluding hydrogens is 250 g/mol. The fraction of sp³-hybridized carbons (Fsp3) is 0.267. The van der Waals surface area contributed by atoms with Gasteiger partial charge in [0.05, 0.1) is 5.39 Å². The van der Waals surface area contributed by atoms with Crippen LogP contribution in [0.1, 0.15) is 17.0 Å². The Hall–Kier alpha value is -2.43. The summed E-state index contributed by atoms with van der Waals surface area (Å²) in [6.45, 7) is 0.901. The summed E-state index contributed by atoms with van der Waals surface area (Å²) >= 11 is 0. The summed E-state index contributed by atoms with van der Waals surface area (Å²) in [5.74, 6) is 1.44. The van der Waals surface area contributed by atoms with Gasteiger partial charge in [0.15, 0.2) is 5.65 Å². The SMILES string of the molecule is Cn1cc2c(NC[C@H]3Cc4ccccc43)ncnc2n1. The third kappa shape index (κ3) is 1.74. The third-order valence-electron chi connectivity index (χ3n) is 3.91. The number of nitrogens with zero attached hydrogens (tertiary/aromatic N) is 4. The van der Waals surface area contributed by atoms with Crippen molar-refractivity contribution in [3.05, 3.63) is 47.9 Å². The maximum Gasteiger partial charge on any atom is 0.186 e. The Morgan fingerprint density at radius 3 is 3.10 bits per heavy atom. The van der Waals surface area contributed by atoms with Crippen molar-refractivity contribution in [2.45, 2.75) is 12.3 Å². The largest absolute Gasteiger partial charge is 0.369 e. The summed E-state index contributed by atoms with van der Waals surface area (Å²) in [6.07, 6.45) is 4.66. The Labute approximate surface area is 116 Å². The van der Waals surface area contributed by atoms with E-state index in [0.717, 1.165) is 29.8 Å². The number of fused-ring (bicyclic) bond motifs is 2. The molecule has 5 heteroatoms. The van der Waals surface area contributed by atoms with Gasteiger partial charge in [-0.3, -0.25) is 4.68 Å². The Morgan fingerprint density at radius 1 is 1.30 bits per heavy atom. The highest BCUT2D eigenvalue weighted by Crippen LogP contribution is 2.34. The summed E-state index contributed by atoms with van der Waals surface area (Å²) in [5.41, 5.74) is 3.66. The van der Waals surface area contributed by atoms with Crippen LogP contribution in [-0.4, -0.2) is 26.3 Å². The lowest BCUT2D eigenvalue weighted by atomic mass is 9.77. The molecule has 20 heavy (non-hydrogen) atoms. The standard InChI is InChI=1S/C15H15N5/c1-20-8-13-14(17-9-18-15(13)19-20)16-7-11-6-10-4-2-3-5-12(10)11/h2-5,8-9,11H,6-7H2,1H3,(H,16,17,18,19)/t11-/m1/s1.